The molecule has 0 bridgehead atoms. The highest BCUT2D eigenvalue weighted by molar-refractivity contribution is 9.10. The summed E-state index contributed by atoms with van der Waals surface area (Å²) in [5.41, 5.74) is 2.58. The molecular weight excluding hydrogens is 283 g/mol. The first kappa shape index (κ1) is 12.3. The molecule has 0 aliphatic rings. The van der Waals surface area contributed by atoms with Gasteiger partial charge in [-0.1, -0.05) is 6.92 Å². The maximum Gasteiger partial charge on any atom is 0.139 e. The van der Waals surface area contributed by atoms with Crippen molar-refractivity contribution >= 4 is 32.5 Å². The van der Waals surface area contributed by atoms with Crippen LogP contribution in [0.4, 0.5) is 10.1 Å². The summed E-state index contributed by atoms with van der Waals surface area (Å²) in [7, 11) is 0. The van der Waals surface area contributed by atoms with Gasteiger partial charge in [-0.15, -0.1) is 0 Å². The fraction of sp³-hybridized carbons (Fsp3) is 0.308. The number of hydrogen-bond acceptors (Lipinski definition) is 2. The lowest BCUT2D eigenvalue weighted by molar-refractivity contribution is 0.623. The van der Waals surface area contributed by atoms with Gasteiger partial charge in [-0.05, 0) is 41.4 Å². The number of aryl methyl sites for hydroxylation is 1. The van der Waals surface area contributed by atoms with Crippen LogP contribution in [0.1, 0.15) is 19.0 Å². The van der Waals surface area contributed by atoms with Gasteiger partial charge in [-0.25, -0.2) is 4.39 Å². The largest absolute Gasteiger partial charge is 0.384 e. The fourth-order valence-electron chi connectivity index (χ4n) is 1.76. The minimum Gasteiger partial charge on any atom is -0.384 e. The maximum atomic E-state index is 13.5. The van der Waals surface area contributed by atoms with E-state index in [9.17, 15) is 4.39 Å². The van der Waals surface area contributed by atoms with Crippen molar-refractivity contribution in [3.8, 4) is 0 Å². The summed E-state index contributed by atoms with van der Waals surface area (Å²) in [4.78, 5) is 4.35. The zero-order valence-corrected chi connectivity index (χ0v) is 11.4. The van der Waals surface area contributed by atoms with Gasteiger partial charge in [-0.2, -0.15) is 0 Å². The monoisotopic (exact) mass is 296 g/mol. The van der Waals surface area contributed by atoms with Gasteiger partial charge in [-0.3, -0.25) is 4.98 Å². The van der Waals surface area contributed by atoms with Crippen LogP contribution in [-0.2, 0) is 0 Å². The summed E-state index contributed by atoms with van der Waals surface area (Å²) in [6.07, 6.45) is 1.05. The molecule has 1 aromatic heterocycles. The van der Waals surface area contributed by atoms with Crippen LogP contribution in [0.5, 0.6) is 0 Å². The van der Waals surface area contributed by atoms with Gasteiger partial charge in [0.1, 0.15) is 5.82 Å². The molecule has 0 fully saturated rings. The van der Waals surface area contributed by atoms with Crippen LogP contribution in [0.2, 0.25) is 0 Å². The number of halogens is 2. The number of pyridine rings is 1. The molecule has 1 N–H and O–H groups in total. The Kier molecular flexibility index (Phi) is 3.62. The number of nitrogens with zero attached hydrogens (tertiary/aromatic N) is 1. The number of nitrogens with one attached hydrogen (secondary N) is 1. The normalized spacial score (nSPS) is 10.8. The molecule has 0 radical (unpaired) electrons. The molecule has 90 valence electrons. The van der Waals surface area contributed by atoms with Crippen molar-refractivity contribution in [2.45, 2.75) is 20.3 Å². The minimum atomic E-state index is -0.281. The van der Waals surface area contributed by atoms with Crippen molar-refractivity contribution in [2.24, 2.45) is 0 Å². The molecule has 0 saturated heterocycles. The third-order valence-electron chi connectivity index (χ3n) is 2.54. The van der Waals surface area contributed by atoms with E-state index in [1.807, 2.05) is 13.0 Å². The molecule has 0 amide bonds. The van der Waals surface area contributed by atoms with Gasteiger partial charge in [0.15, 0.2) is 0 Å². The van der Waals surface area contributed by atoms with E-state index in [0.717, 1.165) is 29.7 Å². The Hall–Kier alpha value is -1.16. The van der Waals surface area contributed by atoms with E-state index >= 15 is 0 Å². The Bertz CT molecular complexity index is 555. The Morgan fingerprint density at radius 2 is 2.12 bits per heavy atom. The molecule has 1 heterocycles. The van der Waals surface area contributed by atoms with Gasteiger partial charge in [0.2, 0.25) is 0 Å². The van der Waals surface area contributed by atoms with Crippen molar-refractivity contribution in [1.82, 2.24) is 4.98 Å². The standard InChI is InChI=1S/C13H14BrFN2/c1-3-4-16-12-5-8(2)17-13-7-11(15)10(14)6-9(12)13/h5-7H,3-4H2,1-2H3,(H,16,17). The summed E-state index contributed by atoms with van der Waals surface area (Å²) in [6, 6.07) is 5.22. The number of rotatable bonds is 3. The second-order valence-electron chi connectivity index (χ2n) is 4.02. The average molecular weight is 297 g/mol. The minimum absolute atomic E-state index is 0.281. The number of benzene rings is 1. The Labute approximate surface area is 108 Å². The first-order valence-electron chi connectivity index (χ1n) is 5.62. The lowest BCUT2D eigenvalue weighted by Gasteiger charge is -2.10. The highest BCUT2D eigenvalue weighted by Gasteiger charge is 2.08. The van der Waals surface area contributed by atoms with Crippen LogP contribution in [0.3, 0.4) is 0 Å². The average Bonchev–Trinajstić information content (AvgIpc) is 2.28. The van der Waals surface area contributed by atoms with Crippen molar-refractivity contribution in [3.63, 3.8) is 0 Å². The molecule has 2 aromatic rings. The van der Waals surface area contributed by atoms with E-state index in [1.54, 1.807) is 6.07 Å². The van der Waals surface area contributed by atoms with Crippen LogP contribution in [-0.4, -0.2) is 11.5 Å². The zero-order chi connectivity index (χ0) is 12.4. The summed E-state index contributed by atoms with van der Waals surface area (Å²) < 4.78 is 13.9. The van der Waals surface area contributed by atoms with Crippen LogP contribution >= 0.6 is 15.9 Å². The molecule has 0 unspecified atom stereocenters. The van der Waals surface area contributed by atoms with Crippen LogP contribution in [0.25, 0.3) is 10.9 Å². The Morgan fingerprint density at radius 1 is 1.35 bits per heavy atom. The molecule has 0 saturated carbocycles. The van der Waals surface area contributed by atoms with E-state index < -0.39 is 0 Å². The fourth-order valence-corrected chi connectivity index (χ4v) is 2.10. The summed E-state index contributed by atoms with van der Waals surface area (Å²) in [5, 5.41) is 4.28. The van der Waals surface area contributed by atoms with E-state index in [4.69, 9.17) is 0 Å². The third kappa shape index (κ3) is 2.57. The van der Waals surface area contributed by atoms with E-state index in [1.165, 1.54) is 6.07 Å². The molecule has 4 heteroatoms. The van der Waals surface area contributed by atoms with E-state index in [2.05, 4.69) is 33.2 Å². The topological polar surface area (TPSA) is 24.9 Å². The van der Waals surface area contributed by atoms with Crippen LogP contribution < -0.4 is 5.32 Å². The molecule has 2 rings (SSSR count). The SMILES string of the molecule is CCCNc1cc(C)nc2cc(F)c(Br)cc12. The number of fused-ring (bicyclic) bond motifs is 1. The van der Waals surface area contributed by atoms with Crippen LogP contribution in [0.15, 0.2) is 22.7 Å². The van der Waals surface area contributed by atoms with Gasteiger partial charge in [0.25, 0.3) is 0 Å². The summed E-state index contributed by atoms with van der Waals surface area (Å²) in [5.74, 6) is -0.281. The molecule has 1 aromatic carbocycles. The second-order valence-corrected chi connectivity index (χ2v) is 4.88. The van der Waals surface area contributed by atoms with Crippen molar-refractivity contribution in [3.05, 3.63) is 34.2 Å². The molecule has 0 atom stereocenters. The van der Waals surface area contributed by atoms with Crippen molar-refractivity contribution in [2.75, 3.05) is 11.9 Å². The first-order chi connectivity index (χ1) is 8.11. The predicted molar refractivity (Wildman–Crippen MR) is 72.9 cm³/mol. The first-order valence-corrected chi connectivity index (χ1v) is 6.41. The summed E-state index contributed by atoms with van der Waals surface area (Å²) in [6.45, 7) is 4.92. The molecule has 0 aliphatic heterocycles. The third-order valence-corrected chi connectivity index (χ3v) is 3.15. The Morgan fingerprint density at radius 3 is 2.82 bits per heavy atom. The molecule has 0 aliphatic carbocycles. The number of hydrogen-bond donors (Lipinski definition) is 1. The van der Waals surface area contributed by atoms with E-state index in [0.29, 0.717) is 9.99 Å². The van der Waals surface area contributed by atoms with Gasteiger partial charge in [0.05, 0.1) is 9.99 Å². The quantitative estimate of drug-likeness (QED) is 0.915. The smallest absolute Gasteiger partial charge is 0.139 e. The van der Waals surface area contributed by atoms with Gasteiger partial charge < -0.3 is 5.32 Å². The lowest BCUT2D eigenvalue weighted by atomic mass is 10.1. The molecule has 17 heavy (non-hydrogen) atoms. The Balaban J connectivity index is 2.61. The van der Waals surface area contributed by atoms with Crippen molar-refractivity contribution in [1.29, 1.82) is 0 Å². The molecular formula is C13H14BrFN2. The lowest BCUT2D eigenvalue weighted by Crippen LogP contribution is -2.02. The maximum absolute atomic E-state index is 13.5. The number of aromatic nitrogens is 1. The van der Waals surface area contributed by atoms with E-state index in [-0.39, 0.29) is 5.82 Å². The zero-order valence-electron chi connectivity index (χ0n) is 9.85. The predicted octanol–water partition coefficient (Wildman–Crippen LogP) is 4.27. The van der Waals surface area contributed by atoms with Gasteiger partial charge >= 0.3 is 0 Å². The van der Waals surface area contributed by atoms with Crippen molar-refractivity contribution < 1.29 is 4.39 Å². The molecule has 2 nitrogen and oxygen atoms in total. The molecule has 0 spiro atoms. The summed E-state index contributed by atoms with van der Waals surface area (Å²) >= 11 is 3.21. The van der Waals surface area contributed by atoms with Crippen LogP contribution in [0, 0.1) is 12.7 Å². The second kappa shape index (κ2) is 5.00. The van der Waals surface area contributed by atoms with Gasteiger partial charge in [0, 0.05) is 29.4 Å². The highest BCUT2D eigenvalue weighted by Crippen LogP contribution is 2.28. The number of anilines is 1. The highest BCUT2D eigenvalue weighted by atomic mass is 79.9.